The summed E-state index contributed by atoms with van der Waals surface area (Å²) in [5.74, 6) is 0.198. The van der Waals surface area contributed by atoms with E-state index in [1.165, 1.54) is 5.56 Å². The fraction of sp³-hybridized carbons (Fsp3) is 0.357. The van der Waals surface area contributed by atoms with Crippen LogP contribution >= 0.6 is 15.9 Å². The van der Waals surface area contributed by atoms with Gasteiger partial charge in [0.25, 0.3) is 0 Å². The van der Waals surface area contributed by atoms with E-state index in [4.69, 9.17) is 0 Å². The minimum Gasteiger partial charge on any atom is -0.338 e. The number of carbonyl (C=O) groups is 1. The molecule has 1 aliphatic heterocycles. The van der Waals surface area contributed by atoms with E-state index in [9.17, 15) is 4.79 Å². The van der Waals surface area contributed by atoms with Crippen LogP contribution < -0.4 is 0 Å². The van der Waals surface area contributed by atoms with Crippen molar-refractivity contribution in [1.82, 2.24) is 19.9 Å². The third-order valence-corrected chi connectivity index (χ3v) is 4.32. The molecule has 0 radical (unpaired) electrons. The molecular weight excluding hydrogens is 320 g/mol. The van der Waals surface area contributed by atoms with Gasteiger partial charge < -0.3 is 4.90 Å². The zero-order valence-corrected chi connectivity index (χ0v) is 12.5. The Kier molecular flexibility index (Phi) is 3.82. The van der Waals surface area contributed by atoms with E-state index in [-0.39, 0.29) is 11.9 Å². The molecule has 0 unspecified atom stereocenters. The summed E-state index contributed by atoms with van der Waals surface area (Å²) < 4.78 is 1.06. The number of hydrogen-bond acceptors (Lipinski definition) is 3. The zero-order valence-electron chi connectivity index (χ0n) is 10.9. The highest BCUT2D eigenvalue weighted by Crippen LogP contribution is 2.22. The van der Waals surface area contributed by atoms with Gasteiger partial charge in [0.1, 0.15) is 6.04 Å². The number of rotatable bonds is 4. The standard InChI is InChI=1S/C14H15BrN4O/c15-13-4-2-1-3-11(13)5-6-14(20)18-9-12(10-18)19-16-7-8-17-19/h1-4,7-8,12H,5-6,9-10H2. The molecule has 0 aliphatic carbocycles. The maximum absolute atomic E-state index is 12.1. The van der Waals surface area contributed by atoms with Crippen LogP contribution in [0.25, 0.3) is 0 Å². The van der Waals surface area contributed by atoms with Gasteiger partial charge in [-0.1, -0.05) is 34.1 Å². The largest absolute Gasteiger partial charge is 0.338 e. The Balaban J connectivity index is 1.48. The van der Waals surface area contributed by atoms with Crippen LogP contribution in [-0.2, 0) is 11.2 Å². The summed E-state index contributed by atoms with van der Waals surface area (Å²) in [5.41, 5.74) is 1.17. The van der Waals surface area contributed by atoms with Crippen LogP contribution in [0.15, 0.2) is 41.1 Å². The molecule has 0 bridgehead atoms. The molecule has 3 rings (SSSR count). The monoisotopic (exact) mass is 334 g/mol. The van der Waals surface area contributed by atoms with Crippen molar-refractivity contribution < 1.29 is 4.79 Å². The summed E-state index contributed by atoms with van der Waals surface area (Å²) in [6, 6.07) is 8.25. The molecule has 6 heteroatoms. The topological polar surface area (TPSA) is 51.0 Å². The molecule has 1 aromatic carbocycles. The second-order valence-electron chi connectivity index (χ2n) is 4.89. The zero-order chi connectivity index (χ0) is 13.9. The van der Waals surface area contributed by atoms with E-state index < -0.39 is 0 Å². The summed E-state index contributed by atoms with van der Waals surface area (Å²) in [5, 5.41) is 8.20. The maximum atomic E-state index is 12.1. The minimum atomic E-state index is 0.198. The number of halogens is 1. The molecule has 0 saturated carbocycles. The Labute approximate surface area is 125 Å². The highest BCUT2D eigenvalue weighted by molar-refractivity contribution is 9.10. The average Bonchev–Trinajstić information content (AvgIpc) is 2.90. The van der Waals surface area contributed by atoms with E-state index in [2.05, 4.69) is 26.1 Å². The number of amides is 1. The number of aromatic nitrogens is 3. The van der Waals surface area contributed by atoms with Gasteiger partial charge in [-0.15, -0.1) is 0 Å². The predicted molar refractivity (Wildman–Crippen MR) is 78.1 cm³/mol. The Morgan fingerprint density at radius 2 is 1.95 bits per heavy atom. The normalized spacial score (nSPS) is 15.2. The molecule has 1 saturated heterocycles. The van der Waals surface area contributed by atoms with Crippen molar-refractivity contribution in [1.29, 1.82) is 0 Å². The molecule has 1 amide bonds. The molecule has 2 aromatic rings. The Morgan fingerprint density at radius 3 is 2.65 bits per heavy atom. The van der Waals surface area contributed by atoms with Crippen LogP contribution in [0.4, 0.5) is 0 Å². The molecular formula is C14H15BrN4O. The Hall–Kier alpha value is -1.69. The lowest BCUT2D eigenvalue weighted by molar-refractivity contribution is -0.137. The van der Waals surface area contributed by atoms with Gasteiger partial charge in [-0.25, -0.2) is 0 Å². The molecule has 0 atom stereocenters. The fourth-order valence-corrected chi connectivity index (χ4v) is 2.80. The van der Waals surface area contributed by atoms with E-state index in [0.29, 0.717) is 19.5 Å². The van der Waals surface area contributed by atoms with Gasteiger partial charge >= 0.3 is 0 Å². The van der Waals surface area contributed by atoms with Crippen LogP contribution in [0.3, 0.4) is 0 Å². The third-order valence-electron chi connectivity index (χ3n) is 3.54. The first-order valence-electron chi connectivity index (χ1n) is 6.61. The first-order chi connectivity index (χ1) is 9.74. The van der Waals surface area contributed by atoms with Crippen molar-refractivity contribution in [2.75, 3.05) is 13.1 Å². The summed E-state index contributed by atoms with van der Waals surface area (Å²) in [7, 11) is 0. The first-order valence-corrected chi connectivity index (χ1v) is 7.40. The number of likely N-dealkylation sites (tertiary alicyclic amines) is 1. The Bertz CT molecular complexity index is 593. The summed E-state index contributed by atoms with van der Waals surface area (Å²) in [6.07, 6.45) is 4.64. The van der Waals surface area contributed by atoms with Crippen molar-refractivity contribution in [2.24, 2.45) is 0 Å². The third kappa shape index (κ3) is 2.75. The number of benzene rings is 1. The van der Waals surface area contributed by atoms with Gasteiger partial charge in [0, 0.05) is 24.0 Å². The SMILES string of the molecule is O=C(CCc1ccccc1Br)N1CC(n2nccn2)C1. The van der Waals surface area contributed by atoms with Crippen molar-refractivity contribution >= 4 is 21.8 Å². The number of aryl methyl sites for hydroxylation is 1. The number of hydrogen-bond donors (Lipinski definition) is 0. The lowest BCUT2D eigenvalue weighted by Crippen LogP contribution is -2.51. The minimum absolute atomic E-state index is 0.198. The van der Waals surface area contributed by atoms with Gasteiger partial charge in [0.15, 0.2) is 0 Å². The van der Waals surface area contributed by atoms with E-state index >= 15 is 0 Å². The van der Waals surface area contributed by atoms with Crippen LogP contribution in [0.2, 0.25) is 0 Å². The number of nitrogens with zero attached hydrogens (tertiary/aromatic N) is 4. The lowest BCUT2D eigenvalue weighted by atomic mass is 10.1. The van der Waals surface area contributed by atoms with E-state index in [1.807, 2.05) is 29.2 Å². The molecule has 104 valence electrons. The van der Waals surface area contributed by atoms with Crippen molar-refractivity contribution in [3.8, 4) is 0 Å². The highest BCUT2D eigenvalue weighted by Gasteiger charge is 2.32. The van der Waals surface area contributed by atoms with Crippen LogP contribution in [0.1, 0.15) is 18.0 Å². The predicted octanol–water partition coefficient (Wildman–Crippen LogP) is 2.06. The van der Waals surface area contributed by atoms with Gasteiger partial charge in [-0.05, 0) is 18.1 Å². The molecule has 0 N–H and O–H groups in total. The van der Waals surface area contributed by atoms with E-state index in [0.717, 1.165) is 10.9 Å². The first kappa shape index (κ1) is 13.3. The fourth-order valence-electron chi connectivity index (χ4n) is 2.32. The molecule has 5 nitrogen and oxygen atoms in total. The molecule has 0 spiro atoms. The highest BCUT2D eigenvalue weighted by atomic mass is 79.9. The van der Waals surface area contributed by atoms with Crippen molar-refractivity contribution in [3.05, 3.63) is 46.7 Å². The maximum Gasteiger partial charge on any atom is 0.223 e. The number of carbonyl (C=O) groups excluding carboxylic acids is 1. The second-order valence-corrected chi connectivity index (χ2v) is 5.75. The van der Waals surface area contributed by atoms with E-state index in [1.54, 1.807) is 17.2 Å². The second kappa shape index (κ2) is 5.75. The van der Waals surface area contributed by atoms with Crippen LogP contribution in [0.5, 0.6) is 0 Å². The molecule has 2 heterocycles. The van der Waals surface area contributed by atoms with Crippen molar-refractivity contribution in [2.45, 2.75) is 18.9 Å². The van der Waals surface area contributed by atoms with Gasteiger partial charge in [-0.2, -0.15) is 15.0 Å². The van der Waals surface area contributed by atoms with Gasteiger partial charge in [-0.3, -0.25) is 4.79 Å². The smallest absolute Gasteiger partial charge is 0.223 e. The summed E-state index contributed by atoms with van der Waals surface area (Å²) in [4.78, 5) is 15.6. The summed E-state index contributed by atoms with van der Waals surface area (Å²) in [6.45, 7) is 1.42. The average molecular weight is 335 g/mol. The summed E-state index contributed by atoms with van der Waals surface area (Å²) >= 11 is 3.51. The molecule has 1 fully saturated rings. The van der Waals surface area contributed by atoms with Gasteiger partial charge in [0.05, 0.1) is 12.4 Å². The van der Waals surface area contributed by atoms with Crippen molar-refractivity contribution in [3.63, 3.8) is 0 Å². The molecule has 1 aliphatic rings. The Morgan fingerprint density at radius 1 is 1.25 bits per heavy atom. The van der Waals surface area contributed by atoms with Crippen LogP contribution in [0, 0.1) is 0 Å². The lowest BCUT2D eigenvalue weighted by Gasteiger charge is -2.38. The quantitative estimate of drug-likeness (QED) is 0.859. The molecule has 20 heavy (non-hydrogen) atoms. The van der Waals surface area contributed by atoms with Gasteiger partial charge in [0.2, 0.25) is 5.91 Å². The molecule has 1 aromatic heterocycles. The van der Waals surface area contributed by atoms with Crippen LogP contribution in [-0.4, -0.2) is 38.9 Å².